The third-order valence-corrected chi connectivity index (χ3v) is 22.0. The van der Waals surface area contributed by atoms with E-state index < -0.39 is 40.0 Å². The maximum Gasteiger partial charge on any atom is 0.335 e. The second kappa shape index (κ2) is 22.8. The van der Waals surface area contributed by atoms with Crippen LogP contribution in [0.3, 0.4) is 0 Å². The number of rotatable bonds is 17. The van der Waals surface area contributed by atoms with Gasteiger partial charge in [-0.1, -0.05) is 68.8 Å². The summed E-state index contributed by atoms with van der Waals surface area (Å²) in [6.45, 7) is 8.38. The fourth-order valence-electron chi connectivity index (χ4n) is 14.2. The predicted octanol–water partition coefficient (Wildman–Crippen LogP) is 16.0. The summed E-state index contributed by atoms with van der Waals surface area (Å²) in [5.41, 5.74) is 0.534. The van der Waals surface area contributed by atoms with Gasteiger partial charge in [-0.15, -0.1) is 22.7 Å². The molecule has 0 saturated heterocycles. The lowest BCUT2D eigenvalue weighted by atomic mass is 9.68. The number of aromatic carboxylic acids is 1. The van der Waals surface area contributed by atoms with Crippen LogP contribution in [-0.4, -0.2) is 80.2 Å². The Hall–Kier alpha value is -5.18. The molecule has 15 nitrogen and oxygen atoms in total. The van der Waals surface area contributed by atoms with E-state index in [1.165, 1.54) is 23.5 Å². The van der Waals surface area contributed by atoms with Crippen molar-refractivity contribution in [1.82, 2.24) is 20.3 Å². The molecule has 8 atom stereocenters. The van der Waals surface area contributed by atoms with Crippen LogP contribution in [0.25, 0.3) is 47.8 Å². The number of fused-ring (bicyclic) bond motifs is 6. The summed E-state index contributed by atoms with van der Waals surface area (Å²) in [5.74, 6) is -1.06. The second-order valence-corrected chi connectivity index (χ2v) is 27.4. The van der Waals surface area contributed by atoms with Gasteiger partial charge in [0.1, 0.15) is 61.0 Å². The molecule has 0 aliphatic heterocycles. The molecule has 444 valence electrons. The Kier molecular flexibility index (Phi) is 15.7. The van der Waals surface area contributed by atoms with E-state index in [1.807, 2.05) is 0 Å². The van der Waals surface area contributed by atoms with Crippen molar-refractivity contribution in [2.24, 2.45) is 23.7 Å². The van der Waals surface area contributed by atoms with E-state index in [1.54, 1.807) is 56.7 Å². The highest BCUT2D eigenvalue weighted by atomic mass is 35.5. The Balaban J connectivity index is 0.000000158. The van der Waals surface area contributed by atoms with Gasteiger partial charge in [0.25, 0.3) is 0 Å². The molecule has 14 rings (SSSR count). The Morgan fingerprint density at radius 1 is 0.647 bits per heavy atom. The number of carbonyl (C=O) groups is 1. The topological polar surface area (TPSA) is 197 Å². The maximum absolute atomic E-state index is 14.8. The van der Waals surface area contributed by atoms with Gasteiger partial charge in [-0.05, 0) is 149 Å². The molecule has 0 amide bonds. The zero-order valence-corrected chi connectivity index (χ0v) is 50.7. The van der Waals surface area contributed by atoms with Crippen LogP contribution in [-0.2, 0) is 43.4 Å². The Bertz CT molecular complexity index is 3900. The van der Waals surface area contributed by atoms with Crippen molar-refractivity contribution in [2.75, 3.05) is 27.4 Å². The molecule has 6 aliphatic carbocycles. The monoisotopic (exact) mass is 1270 g/mol. The number of aliphatic hydroxyl groups is 2. The smallest absolute Gasteiger partial charge is 0.335 e. The van der Waals surface area contributed by atoms with Crippen LogP contribution in [0, 0.1) is 41.9 Å². The number of aromatic nitrogens is 4. The average Bonchev–Trinajstić information content (AvgIpc) is 1.74. The maximum atomic E-state index is 14.8. The fourth-order valence-corrected chi connectivity index (χ4v) is 17.8. The summed E-state index contributed by atoms with van der Waals surface area (Å²) in [4.78, 5) is 23.9. The summed E-state index contributed by atoms with van der Waals surface area (Å²) in [7, 11) is 3.29. The number of carboxylic acid groups (broad SMARTS) is 1. The molecule has 6 aliphatic rings. The molecule has 8 aromatic rings. The Labute approximate surface area is 515 Å². The first-order valence-corrected chi connectivity index (χ1v) is 31.4. The number of hydrogen-bond donors (Lipinski definition) is 3. The summed E-state index contributed by atoms with van der Waals surface area (Å²) >= 11 is 28.7. The van der Waals surface area contributed by atoms with Gasteiger partial charge in [-0.25, -0.2) is 28.4 Å². The predicted molar refractivity (Wildman–Crippen MR) is 318 cm³/mol. The average molecular weight is 1280 g/mol. The largest absolute Gasteiger partial charge is 0.478 e. The van der Waals surface area contributed by atoms with E-state index in [0.717, 1.165) is 91.4 Å². The van der Waals surface area contributed by atoms with Crippen LogP contribution in [0.15, 0.2) is 69.7 Å². The van der Waals surface area contributed by atoms with Crippen molar-refractivity contribution < 1.29 is 56.9 Å². The molecule has 85 heavy (non-hydrogen) atoms. The molecule has 0 radical (unpaired) electrons. The zero-order valence-electron chi connectivity index (χ0n) is 46.1. The minimum absolute atomic E-state index is 0.0774. The van der Waals surface area contributed by atoms with Gasteiger partial charge in [-0.3, -0.25) is 0 Å². The fraction of sp³-hybridized carbons (Fsp3) is 0.452. The molecule has 0 spiro atoms. The van der Waals surface area contributed by atoms with E-state index in [2.05, 4.69) is 25.1 Å². The number of thiazole rings is 2. The molecule has 6 saturated carbocycles. The summed E-state index contributed by atoms with van der Waals surface area (Å²) < 4.78 is 67.2. The van der Waals surface area contributed by atoms with Gasteiger partial charge in [-0.2, -0.15) is 0 Å². The lowest BCUT2D eigenvalue weighted by Gasteiger charge is -2.47. The van der Waals surface area contributed by atoms with Gasteiger partial charge in [0, 0.05) is 53.0 Å². The third kappa shape index (κ3) is 10.5. The highest BCUT2D eigenvalue weighted by molar-refractivity contribution is 7.19. The molecule has 23 heteroatoms. The second-order valence-electron chi connectivity index (χ2n) is 23.7. The van der Waals surface area contributed by atoms with Gasteiger partial charge >= 0.3 is 5.97 Å². The molecular weight excluding hydrogens is 1220 g/mol. The summed E-state index contributed by atoms with van der Waals surface area (Å²) in [6.07, 6.45) is 9.24. The van der Waals surface area contributed by atoms with Crippen molar-refractivity contribution in [2.45, 2.75) is 125 Å². The zero-order chi connectivity index (χ0) is 59.3. The molecule has 4 heterocycles. The van der Waals surface area contributed by atoms with Crippen molar-refractivity contribution >= 4 is 101 Å². The first kappa shape index (κ1) is 58.8. The number of methoxy groups -OCH3 is 2. The molecule has 6 fully saturated rings. The normalized spacial score (nSPS) is 26.9. The third-order valence-electron chi connectivity index (χ3n) is 18.4. The van der Waals surface area contributed by atoms with Gasteiger partial charge in [0.05, 0.1) is 74.6 Å². The number of benzene rings is 4. The Morgan fingerprint density at radius 2 is 1.05 bits per heavy atom. The molecular formula is C62H57Cl4F2N5O10S2. The molecule has 4 bridgehead atoms. The van der Waals surface area contributed by atoms with Crippen LogP contribution in [0.4, 0.5) is 14.5 Å². The molecule has 3 N–H and O–H groups in total. The van der Waals surface area contributed by atoms with Crippen LogP contribution >= 0.6 is 69.1 Å². The van der Waals surface area contributed by atoms with Crippen LogP contribution < -0.4 is 0 Å². The number of halogens is 6. The molecule has 4 aromatic heterocycles. The van der Waals surface area contributed by atoms with E-state index in [-0.39, 0.29) is 65.1 Å². The molecule has 4 aromatic carbocycles. The van der Waals surface area contributed by atoms with Gasteiger partial charge < -0.3 is 43.3 Å². The molecule has 4 unspecified atom stereocenters. The quantitative estimate of drug-likeness (QED) is 0.0728. The highest BCUT2D eigenvalue weighted by Crippen LogP contribution is 2.62. The van der Waals surface area contributed by atoms with Gasteiger partial charge in [0.15, 0.2) is 11.5 Å². The first-order chi connectivity index (χ1) is 40.9. The minimum atomic E-state index is -1.28. The number of ether oxygens (including phenoxy) is 4. The van der Waals surface area contributed by atoms with Crippen molar-refractivity contribution in [3.8, 4) is 22.5 Å². The van der Waals surface area contributed by atoms with E-state index in [9.17, 15) is 28.9 Å². The minimum Gasteiger partial charge on any atom is -0.478 e. The lowest BCUT2D eigenvalue weighted by Crippen LogP contribution is -2.52. The van der Waals surface area contributed by atoms with Crippen molar-refractivity contribution in [3.63, 3.8) is 0 Å². The number of nitrogens with zero attached hydrogens (tertiary/aromatic N) is 5. The van der Waals surface area contributed by atoms with E-state index in [4.69, 9.17) is 81.0 Å². The van der Waals surface area contributed by atoms with E-state index >= 15 is 0 Å². The highest BCUT2D eigenvalue weighted by Gasteiger charge is 2.62. The van der Waals surface area contributed by atoms with Crippen LogP contribution in [0.5, 0.6) is 0 Å². The first-order valence-electron chi connectivity index (χ1n) is 28.3. The lowest BCUT2D eigenvalue weighted by molar-refractivity contribution is -0.183. The number of hydrogen-bond acceptors (Lipinski definition) is 15. The van der Waals surface area contributed by atoms with Crippen molar-refractivity contribution in [1.29, 1.82) is 0 Å². The van der Waals surface area contributed by atoms with Crippen LogP contribution in [0.2, 0.25) is 20.1 Å². The van der Waals surface area contributed by atoms with Crippen LogP contribution in [0.1, 0.15) is 132 Å². The summed E-state index contributed by atoms with van der Waals surface area (Å²) in [5, 5.41) is 45.4. The van der Waals surface area contributed by atoms with E-state index in [0.29, 0.717) is 107 Å². The Morgan fingerprint density at radius 3 is 1.42 bits per heavy atom. The standard InChI is InChI=1S/C31H28Cl2FN3O4S.C31H29Cl2FN2O6S/c1-35-19-10-23(34)27-24(11-19)42-29(36-27)31(38)17-8-9-18(31)13-30(12-17,15-39-2)40-14-20-26(37-41-28(20)16-6-7-16)25-21(32)4-3-5-22(25)33;1-40-14-30(41-13-19-25(36-42-27(19)15-5-6-15)24-20(32)3-2-4-21(24)33)11-17-7-8-18(12-30)31(17,39)29-35-26-22(34)9-16(28(37)38)10-23(26)43-29/h3-5,10-11,16-18,38H,6-9,12-15H2,2H3;2-4,9-10,15,17-18,39H,5-8,11-14H2,1H3,(H,37,38)/t2*17-,18+,30?,31?. The van der Waals surface area contributed by atoms with Gasteiger partial charge in [0.2, 0.25) is 0 Å². The SMILES string of the molecule is COCC1(OCc2c(-c3c(Cl)cccc3Cl)noc2C2CC2)C[C@H]2CC[C@@H](C1)C2(O)c1nc2c(F)cc(C(=O)O)cc2s1.[C-]#[N+]c1cc(F)c2nc(C3(O)[C@@H]4CC[C@H]3CC(COC)(OCc3c(-c5c(Cl)cccc5Cl)noc3C3CC3)C4)sc2c1. The summed E-state index contributed by atoms with van der Waals surface area (Å²) in [6, 6.07) is 15.9. The number of carboxylic acids is 1. The van der Waals surface area contributed by atoms with Crippen molar-refractivity contribution in [3.05, 3.63) is 142 Å².